The van der Waals surface area contributed by atoms with Gasteiger partial charge in [-0.2, -0.15) is 0 Å². The topological polar surface area (TPSA) is 88.4 Å². The summed E-state index contributed by atoms with van der Waals surface area (Å²) in [5.41, 5.74) is 2.86. The zero-order valence-electron chi connectivity index (χ0n) is 15.0. The van der Waals surface area contributed by atoms with Gasteiger partial charge in [0.05, 0.1) is 24.9 Å². The minimum absolute atomic E-state index is 0.101. The van der Waals surface area contributed by atoms with Crippen LogP contribution in [0.1, 0.15) is 35.1 Å². The molecule has 1 aromatic carbocycles. The van der Waals surface area contributed by atoms with Gasteiger partial charge in [0.1, 0.15) is 10.0 Å². The summed E-state index contributed by atoms with van der Waals surface area (Å²) in [5.74, 6) is 0. The molecule has 4 rings (SSSR count). The van der Waals surface area contributed by atoms with Crippen LogP contribution >= 0.6 is 22.9 Å². The molecule has 0 radical (unpaired) electrons. The number of aromatic nitrogens is 3. The Hall–Kier alpha value is -1.90. The predicted molar refractivity (Wildman–Crippen MR) is 107 cm³/mol. The highest BCUT2D eigenvalue weighted by atomic mass is 35.5. The van der Waals surface area contributed by atoms with E-state index < -0.39 is 6.10 Å². The second-order valence-electron chi connectivity index (χ2n) is 6.82. The highest BCUT2D eigenvalue weighted by Crippen LogP contribution is 2.34. The first kappa shape index (κ1) is 19.4. The van der Waals surface area contributed by atoms with E-state index in [9.17, 15) is 10.2 Å². The molecule has 3 unspecified atom stereocenters. The lowest BCUT2D eigenvalue weighted by molar-refractivity contribution is -0.113. The van der Waals surface area contributed by atoms with E-state index in [1.807, 2.05) is 30.3 Å². The van der Waals surface area contributed by atoms with Gasteiger partial charge in [-0.25, -0.2) is 0 Å². The van der Waals surface area contributed by atoms with Crippen molar-refractivity contribution in [2.24, 2.45) is 0 Å². The third-order valence-corrected chi connectivity index (χ3v) is 6.10. The third-order valence-electron chi connectivity index (χ3n) is 4.76. The molecule has 0 bridgehead atoms. The van der Waals surface area contributed by atoms with Crippen LogP contribution < -0.4 is 0 Å². The van der Waals surface area contributed by atoms with Crippen molar-refractivity contribution in [3.05, 3.63) is 63.9 Å². The van der Waals surface area contributed by atoms with E-state index in [-0.39, 0.29) is 18.8 Å². The molecule has 1 aliphatic rings. The molecular weight excluding hydrogens is 398 g/mol. The lowest BCUT2D eigenvalue weighted by atomic mass is 9.95. The first-order chi connectivity index (χ1) is 13.6. The number of aliphatic hydroxyl groups is 2. The number of ether oxygens (including phenoxy) is 1. The van der Waals surface area contributed by atoms with Crippen molar-refractivity contribution >= 4 is 22.9 Å². The standard InChI is InChI=1S/C20H20ClN3O3S/c21-17-2-1-13(18-10-15(26)9-16(11-25)27-18)7-14(17)8-19-23-24-20(28-19)12-3-5-22-6-4-12/h1-7,15-16,18,25-26H,8-11H2. The van der Waals surface area contributed by atoms with Crippen LogP contribution in [0.25, 0.3) is 10.6 Å². The van der Waals surface area contributed by atoms with Crippen molar-refractivity contribution in [3.8, 4) is 10.6 Å². The van der Waals surface area contributed by atoms with Crippen molar-refractivity contribution in [1.29, 1.82) is 0 Å². The lowest BCUT2D eigenvalue weighted by Gasteiger charge is -2.32. The van der Waals surface area contributed by atoms with Crippen molar-refractivity contribution < 1.29 is 14.9 Å². The number of aliphatic hydroxyl groups excluding tert-OH is 2. The average molecular weight is 418 g/mol. The highest BCUT2D eigenvalue weighted by Gasteiger charge is 2.29. The number of nitrogens with zero attached hydrogens (tertiary/aromatic N) is 3. The molecular formula is C20H20ClN3O3S. The molecule has 1 saturated heterocycles. The van der Waals surface area contributed by atoms with E-state index in [4.69, 9.17) is 16.3 Å². The summed E-state index contributed by atoms with van der Waals surface area (Å²) in [7, 11) is 0. The number of halogens is 1. The van der Waals surface area contributed by atoms with Gasteiger partial charge >= 0.3 is 0 Å². The third kappa shape index (κ3) is 4.39. The molecule has 0 spiro atoms. The van der Waals surface area contributed by atoms with E-state index in [2.05, 4.69) is 15.2 Å². The van der Waals surface area contributed by atoms with Crippen molar-refractivity contribution in [2.45, 2.75) is 37.6 Å². The van der Waals surface area contributed by atoms with Crippen molar-refractivity contribution in [3.63, 3.8) is 0 Å². The van der Waals surface area contributed by atoms with Gasteiger partial charge in [-0.1, -0.05) is 35.1 Å². The van der Waals surface area contributed by atoms with E-state index >= 15 is 0 Å². The monoisotopic (exact) mass is 417 g/mol. The van der Waals surface area contributed by atoms with Crippen LogP contribution in [0.4, 0.5) is 0 Å². The summed E-state index contributed by atoms with van der Waals surface area (Å²) in [6.45, 7) is -0.101. The Kier molecular flexibility index (Phi) is 5.99. The minimum Gasteiger partial charge on any atom is -0.394 e. The molecule has 6 nitrogen and oxygen atoms in total. The summed E-state index contributed by atoms with van der Waals surface area (Å²) >= 11 is 7.93. The van der Waals surface area contributed by atoms with Gasteiger partial charge in [0, 0.05) is 42.2 Å². The van der Waals surface area contributed by atoms with Gasteiger partial charge in [-0.15, -0.1) is 10.2 Å². The van der Waals surface area contributed by atoms with Gasteiger partial charge in [0.2, 0.25) is 0 Å². The summed E-state index contributed by atoms with van der Waals surface area (Å²) in [6.07, 6.45) is 3.88. The van der Waals surface area contributed by atoms with Crippen LogP contribution in [-0.4, -0.2) is 44.2 Å². The van der Waals surface area contributed by atoms with Crippen LogP contribution in [0.3, 0.4) is 0 Å². The second kappa shape index (κ2) is 8.63. The molecule has 1 fully saturated rings. The molecule has 8 heteroatoms. The maximum atomic E-state index is 10.1. The Balaban J connectivity index is 1.54. The van der Waals surface area contributed by atoms with E-state index in [0.717, 1.165) is 26.7 Å². The average Bonchev–Trinajstić information content (AvgIpc) is 3.18. The number of rotatable bonds is 5. The van der Waals surface area contributed by atoms with E-state index in [0.29, 0.717) is 24.3 Å². The first-order valence-corrected chi connectivity index (χ1v) is 10.3. The fourth-order valence-corrected chi connectivity index (χ4v) is 4.40. The zero-order chi connectivity index (χ0) is 19.5. The molecule has 146 valence electrons. The lowest BCUT2D eigenvalue weighted by Crippen LogP contribution is -2.33. The normalized spacial score (nSPS) is 22.3. The van der Waals surface area contributed by atoms with Crippen molar-refractivity contribution in [1.82, 2.24) is 15.2 Å². The number of pyridine rings is 1. The van der Waals surface area contributed by atoms with Gasteiger partial charge in [0.25, 0.3) is 0 Å². The summed E-state index contributed by atoms with van der Waals surface area (Å²) in [4.78, 5) is 4.02. The van der Waals surface area contributed by atoms with Crippen LogP contribution in [-0.2, 0) is 11.2 Å². The Morgan fingerprint density at radius 1 is 1.14 bits per heavy atom. The maximum Gasteiger partial charge on any atom is 0.147 e. The Morgan fingerprint density at radius 2 is 1.96 bits per heavy atom. The van der Waals surface area contributed by atoms with Crippen LogP contribution in [0.2, 0.25) is 5.02 Å². The number of hydrogen-bond donors (Lipinski definition) is 2. The zero-order valence-corrected chi connectivity index (χ0v) is 16.6. The van der Waals surface area contributed by atoms with E-state index in [1.54, 1.807) is 12.4 Å². The van der Waals surface area contributed by atoms with E-state index in [1.165, 1.54) is 11.3 Å². The molecule has 0 saturated carbocycles. The minimum atomic E-state index is -0.485. The predicted octanol–water partition coefficient (Wildman–Crippen LogP) is 3.42. The quantitative estimate of drug-likeness (QED) is 0.661. The molecule has 2 aromatic heterocycles. The van der Waals surface area contributed by atoms with Crippen LogP contribution in [0.15, 0.2) is 42.7 Å². The molecule has 0 aliphatic carbocycles. The highest BCUT2D eigenvalue weighted by molar-refractivity contribution is 7.14. The Bertz CT molecular complexity index is 937. The SMILES string of the molecule is OCC1CC(O)CC(c2ccc(Cl)c(Cc3nnc(-c4ccncc4)s3)c2)O1. The Morgan fingerprint density at radius 3 is 2.75 bits per heavy atom. The maximum absolute atomic E-state index is 10.1. The molecule has 3 aromatic rings. The van der Waals surface area contributed by atoms with Crippen LogP contribution in [0.5, 0.6) is 0 Å². The van der Waals surface area contributed by atoms with Crippen molar-refractivity contribution in [2.75, 3.05) is 6.61 Å². The fourth-order valence-electron chi connectivity index (χ4n) is 3.35. The second-order valence-corrected chi connectivity index (χ2v) is 8.29. The fraction of sp³-hybridized carbons (Fsp3) is 0.350. The Labute approximate surface area is 171 Å². The molecule has 3 heterocycles. The van der Waals surface area contributed by atoms with Crippen LogP contribution in [0, 0.1) is 0 Å². The van der Waals surface area contributed by atoms with Gasteiger partial charge in [-0.3, -0.25) is 4.98 Å². The molecule has 3 atom stereocenters. The smallest absolute Gasteiger partial charge is 0.147 e. The largest absolute Gasteiger partial charge is 0.394 e. The van der Waals surface area contributed by atoms with Gasteiger partial charge < -0.3 is 14.9 Å². The summed E-state index contributed by atoms with van der Waals surface area (Å²) in [6, 6.07) is 9.55. The molecule has 28 heavy (non-hydrogen) atoms. The first-order valence-electron chi connectivity index (χ1n) is 9.08. The number of hydrogen-bond acceptors (Lipinski definition) is 7. The molecule has 0 amide bonds. The molecule has 2 N–H and O–H groups in total. The summed E-state index contributed by atoms with van der Waals surface area (Å²) in [5, 5.41) is 30.4. The van der Waals surface area contributed by atoms with Gasteiger partial charge in [0.15, 0.2) is 0 Å². The summed E-state index contributed by atoms with van der Waals surface area (Å²) < 4.78 is 5.91. The number of benzene rings is 1. The van der Waals surface area contributed by atoms with Gasteiger partial charge in [-0.05, 0) is 29.3 Å². The molecule has 1 aliphatic heterocycles.